The van der Waals surface area contributed by atoms with Gasteiger partial charge in [0.1, 0.15) is 0 Å². The Hall–Kier alpha value is -2.86. The van der Waals surface area contributed by atoms with Crippen LogP contribution in [-0.2, 0) is 4.79 Å². The number of rotatable bonds is 6. The minimum atomic E-state index is -0.200. The van der Waals surface area contributed by atoms with Gasteiger partial charge in [-0.2, -0.15) is 0 Å². The molecule has 1 heterocycles. The number of nitrogens with one attached hydrogen (secondary N) is 1. The quantitative estimate of drug-likeness (QED) is 0.531. The Labute approximate surface area is 187 Å². The van der Waals surface area contributed by atoms with Crippen LogP contribution in [0.25, 0.3) is 10.9 Å². The minimum absolute atomic E-state index is 0.116. The highest BCUT2D eigenvalue weighted by atomic mass is 32.2. The van der Waals surface area contributed by atoms with Gasteiger partial charge < -0.3 is 10.2 Å². The second-order valence-electron chi connectivity index (χ2n) is 7.92. The number of para-hydroxylation sites is 1. The third-order valence-corrected chi connectivity index (χ3v) is 6.94. The third-order valence-electron chi connectivity index (χ3n) is 5.88. The zero-order valence-corrected chi connectivity index (χ0v) is 18.5. The molecule has 0 bridgehead atoms. The van der Waals surface area contributed by atoms with E-state index in [0.717, 1.165) is 28.6 Å². The molecule has 1 N–H and O–H groups in total. The van der Waals surface area contributed by atoms with Gasteiger partial charge in [-0.15, -0.1) is 11.8 Å². The second-order valence-corrected chi connectivity index (χ2v) is 8.93. The summed E-state index contributed by atoms with van der Waals surface area (Å²) in [5, 5.41) is 3.97. The molecule has 1 aromatic heterocycles. The van der Waals surface area contributed by atoms with Gasteiger partial charge in [0, 0.05) is 29.6 Å². The Balaban J connectivity index is 1.45. The van der Waals surface area contributed by atoms with E-state index in [2.05, 4.69) is 10.3 Å². The van der Waals surface area contributed by atoms with E-state index in [0.29, 0.717) is 23.0 Å². The Kier molecular flexibility index (Phi) is 6.87. The van der Waals surface area contributed by atoms with Crippen LogP contribution < -0.4 is 5.32 Å². The summed E-state index contributed by atoms with van der Waals surface area (Å²) < 4.78 is 0. The second kappa shape index (κ2) is 9.96. The van der Waals surface area contributed by atoms with Gasteiger partial charge in [-0.25, -0.2) is 0 Å². The summed E-state index contributed by atoms with van der Waals surface area (Å²) in [5.41, 5.74) is 2.00. The number of thioether (sulfide) groups is 1. The predicted octanol–water partition coefficient (Wildman–Crippen LogP) is 5.37. The van der Waals surface area contributed by atoms with Gasteiger partial charge in [-0.05, 0) is 37.1 Å². The first-order valence-electron chi connectivity index (χ1n) is 10.8. The number of aromatic nitrogens is 1. The Morgan fingerprint density at radius 3 is 2.65 bits per heavy atom. The predicted molar refractivity (Wildman–Crippen MR) is 127 cm³/mol. The van der Waals surface area contributed by atoms with E-state index in [9.17, 15) is 9.59 Å². The number of pyridine rings is 1. The normalized spacial score (nSPS) is 14.4. The topological polar surface area (TPSA) is 62.3 Å². The maximum atomic E-state index is 13.1. The smallest absolute Gasteiger partial charge is 0.256 e. The fourth-order valence-electron chi connectivity index (χ4n) is 4.09. The largest absolute Gasteiger partial charge is 0.342 e. The van der Waals surface area contributed by atoms with Gasteiger partial charge in [0.15, 0.2) is 0 Å². The third kappa shape index (κ3) is 5.07. The van der Waals surface area contributed by atoms with Crippen LogP contribution in [0.1, 0.15) is 42.5 Å². The zero-order chi connectivity index (χ0) is 21.6. The van der Waals surface area contributed by atoms with Crippen molar-refractivity contribution in [3.63, 3.8) is 0 Å². The number of nitrogens with zero attached hydrogens (tertiary/aromatic N) is 2. The number of anilines is 1. The SMILES string of the molecule is CN(C(=O)CSc1ccccc1C(=O)Nc1cccc2cccnc12)C1CCCCC1. The van der Waals surface area contributed by atoms with Crippen molar-refractivity contribution in [1.29, 1.82) is 0 Å². The molecule has 3 aromatic rings. The number of benzene rings is 2. The van der Waals surface area contributed by atoms with Crippen LogP contribution in [-0.4, -0.2) is 40.5 Å². The molecule has 0 aliphatic heterocycles. The Morgan fingerprint density at radius 2 is 1.81 bits per heavy atom. The molecule has 4 rings (SSSR count). The lowest BCUT2D eigenvalue weighted by molar-refractivity contribution is -0.129. The van der Waals surface area contributed by atoms with Crippen LogP contribution >= 0.6 is 11.8 Å². The van der Waals surface area contributed by atoms with Crippen LogP contribution in [0.3, 0.4) is 0 Å². The minimum Gasteiger partial charge on any atom is -0.342 e. The molecular formula is C25H27N3O2S. The number of carbonyl (C=O) groups is 2. The van der Waals surface area contributed by atoms with Crippen LogP contribution in [0.15, 0.2) is 65.7 Å². The molecule has 0 saturated heterocycles. The Morgan fingerprint density at radius 1 is 1.03 bits per heavy atom. The lowest BCUT2D eigenvalue weighted by Gasteiger charge is -2.31. The van der Waals surface area contributed by atoms with E-state index in [1.807, 2.05) is 60.5 Å². The summed E-state index contributed by atoms with van der Waals surface area (Å²) in [4.78, 5) is 32.9. The van der Waals surface area contributed by atoms with Gasteiger partial charge in [0.25, 0.3) is 5.91 Å². The van der Waals surface area contributed by atoms with Crippen LogP contribution in [0.2, 0.25) is 0 Å². The molecule has 31 heavy (non-hydrogen) atoms. The fourth-order valence-corrected chi connectivity index (χ4v) is 5.06. The van der Waals surface area contributed by atoms with Crippen molar-refractivity contribution in [2.24, 2.45) is 0 Å². The molecule has 0 spiro atoms. The number of carbonyl (C=O) groups excluding carboxylic acids is 2. The van der Waals surface area contributed by atoms with Crippen LogP contribution in [0, 0.1) is 0 Å². The molecule has 5 nitrogen and oxygen atoms in total. The summed E-state index contributed by atoms with van der Waals surface area (Å²) in [6.45, 7) is 0. The molecule has 0 radical (unpaired) electrons. The number of fused-ring (bicyclic) bond motifs is 1. The molecule has 160 valence electrons. The van der Waals surface area contributed by atoms with Crippen molar-refractivity contribution < 1.29 is 9.59 Å². The van der Waals surface area contributed by atoms with Gasteiger partial charge >= 0.3 is 0 Å². The van der Waals surface area contributed by atoms with Crippen molar-refractivity contribution in [2.75, 3.05) is 18.1 Å². The summed E-state index contributed by atoms with van der Waals surface area (Å²) in [6, 6.07) is 17.4. The van der Waals surface area contributed by atoms with Gasteiger partial charge in [0.05, 0.1) is 22.5 Å². The maximum absolute atomic E-state index is 13.1. The van der Waals surface area contributed by atoms with Crippen molar-refractivity contribution in [3.8, 4) is 0 Å². The first-order chi connectivity index (χ1) is 15.1. The van der Waals surface area contributed by atoms with Crippen molar-refractivity contribution in [1.82, 2.24) is 9.88 Å². The fraction of sp³-hybridized carbons (Fsp3) is 0.320. The van der Waals surface area contributed by atoms with E-state index >= 15 is 0 Å². The van der Waals surface area contributed by atoms with E-state index < -0.39 is 0 Å². The standard InChI is InChI=1S/C25H27N3O2S/c1-28(19-11-3-2-4-12-19)23(29)17-31-22-15-6-5-13-20(22)25(30)27-21-14-7-9-18-10-8-16-26-24(18)21/h5-10,13-16,19H,2-4,11-12,17H2,1H3,(H,27,30). The molecule has 0 atom stereocenters. The van der Waals surface area contributed by atoms with E-state index in [1.54, 1.807) is 12.3 Å². The van der Waals surface area contributed by atoms with Crippen LogP contribution in [0.4, 0.5) is 5.69 Å². The summed E-state index contributed by atoms with van der Waals surface area (Å²) in [6.07, 6.45) is 7.55. The summed E-state index contributed by atoms with van der Waals surface area (Å²) in [5.74, 6) is 0.243. The number of amides is 2. The van der Waals surface area contributed by atoms with Gasteiger partial charge in [-0.3, -0.25) is 14.6 Å². The number of hydrogen-bond donors (Lipinski definition) is 1. The van der Waals surface area contributed by atoms with Gasteiger partial charge in [0.2, 0.25) is 5.91 Å². The van der Waals surface area contributed by atoms with Crippen molar-refractivity contribution in [3.05, 3.63) is 66.4 Å². The van der Waals surface area contributed by atoms with Gasteiger partial charge in [-0.1, -0.05) is 49.6 Å². The van der Waals surface area contributed by atoms with E-state index in [4.69, 9.17) is 0 Å². The molecule has 1 fully saturated rings. The maximum Gasteiger partial charge on any atom is 0.256 e. The van der Waals surface area contributed by atoms with E-state index in [1.165, 1.54) is 31.0 Å². The molecule has 1 aliphatic rings. The molecule has 1 aliphatic carbocycles. The highest BCUT2D eigenvalue weighted by Crippen LogP contribution is 2.27. The molecule has 1 saturated carbocycles. The first kappa shape index (κ1) is 21.4. The van der Waals surface area contributed by atoms with E-state index in [-0.39, 0.29) is 11.8 Å². The lowest BCUT2D eigenvalue weighted by Crippen LogP contribution is -2.39. The van der Waals surface area contributed by atoms with Crippen molar-refractivity contribution in [2.45, 2.75) is 43.0 Å². The zero-order valence-electron chi connectivity index (χ0n) is 17.7. The molecule has 2 amide bonds. The average molecular weight is 434 g/mol. The van der Waals surface area contributed by atoms with Crippen molar-refractivity contribution >= 4 is 40.2 Å². The monoisotopic (exact) mass is 433 g/mol. The molecular weight excluding hydrogens is 406 g/mol. The first-order valence-corrected chi connectivity index (χ1v) is 11.7. The highest BCUT2D eigenvalue weighted by molar-refractivity contribution is 8.00. The molecule has 6 heteroatoms. The molecule has 2 aromatic carbocycles. The summed E-state index contributed by atoms with van der Waals surface area (Å²) in [7, 11) is 1.91. The average Bonchev–Trinajstić information content (AvgIpc) is 2.83. The number of hydrogen-bond acceptors (Lipinski definition) is 4. The summed E-state index contributed by atoms with van der Waals surface area (Å²) >= 11 is 1.42. The lowest BCUT2D eigenvalue weighted by atomic mass is 9.94. The van der Waals surface area contributed by atoms with Crippen LogP contribution in [0.5, 0.6) is 0 Å². The Bertz CT molecular complexity index is 1070. The molecule has 0 unspecified atom stereocenters. The highest BCUT2D eigenvalue weighted by Gasteiger charge is 2.22.